The second kappa shape index (κ2) is 7.73. The van der Waals surface area contributed by atoms with E-state index in [0.29, 0.717) is 19.0 Å². The number of alkyl halides is 3. The zero-order valence-electron chi connectivity index (χ0n) is 13.4. The molecule has 0 spiro atoms. The Morgan fingerprint density at radius 1 is 1.38 bits per heavy atom. The minimum Gasteiger partial charge on any atom is -0.480 e. The van der Waals surface area contributed by atoms with Gasteiger partial charge in [0.2, 0.25) is 0 Å². The average Bonchev–Trinajstić information content (AvgIpc) is 2.57. The van der Waals surface area contributed by atoms with Crippen LogP contribution in [0.3, 0.4) is 0 Å². The minimum absolute atomic E-state index is 0.0145. The van der Waals surface area contributed by atoms with Crippen LogP contribution in [-0.2, 0) is 11.0 Å². The molecule has 0 amide bonds. The average molecular weight is 391 g/mol. The first-order chi connectivity index (χ1) is 12.1. The number of nitrogens with zero attached hydrogens (tertiary/aromatic N) is 3. The van der Waals surface area contributed by atoms with Crippen molar-refractivity contribution in [3.63, 3.8) is 0 Å². The van der Waals surface area contributed by atoms with E-state index in [1.807, 2.05) is 0 Å². The third-order valence-corrected chi connectivity index (χ3v) is 3.78. The minimum atomic E-state index is -4.56. The molecule has 26 heavy (non-hydrogen) atoms. The first kappa shape index (κ1) is 19.7. The SMILES string of the molecule is CCCC(Nc1cnn(-c2ccc(C(F)(F)F)cn2)c(=O)c1Cl)C(=O)O. The van der Waals surface area contributed by atoms with Crippen molar-refractivity contribution in [3.05, 3.63) is 45.5 Å². The van der Waals surface area contributed by atoms with Gasteiger partial charge in [-0.25, -0.2) is 9.78 Å². The molecule has 0 radical (unpaired) electrons. The van der Waals surface area contributed by atoms with Gasteiger partial charge in [-0.3, -0.25) is 4.79 Å². The highest BCUT2D eigenvalue weighted by molar-refractivity contribution is 6.33. The number of carbonyl (C=O) groups is 1. The van der Waals surface area contributed by atoms with Crippen molar-refractivity contribution in [2.24, 2.45) is 0 Å². The summed E-state index contributed by atoms with van der Waals surface area (Å²) in [4.78, 5) is 27.1. The normalized spacial score (nSPS) is 12.7. The number of rotatable bonds is 6. The molecule has 140 valence electrons. The molecule has 0 saturated carbocycles. The molecular weight excluding hydrogens is 377 g/mol. The van der Waals surface area contributed by atoms with Crippen LogP contribution in [-0.4, -0.2) is 31.9 Å². The fraction of sp³-hybridized carbons (Fsp3) is 0.333. The topological polar surface area (TPSA) is 97.1 Å². The van der Waals surface area contributed by atoms with Crippen molar-refractivity contribution >= 4 is 23.3 Å². The predicted molar refractivity (Wildman–Crippen MR) is 87.6 cm³/mol. The molecule has 0 aromatic carbocycles. The number of pyridine rings is 1. The second-order valence-corrected chi connectivity index (χ2v) is 5.69. The maximum absolute atomic E-state index is 12.6. The largest absolute Gasteiger partial charge is 0.480 e. The van der Waals surface area contributed by atoms with Gasteiger partial charge in [0.25, 0.3) is 5.56 Å². The van der Waals surface area contributed by atoms with Gasteiger partial charge in [0.1, 0.15) is 11.1 Å². The molecule has 11 heteroatoms. The monoisotopic (exact) mass is 390 g/mol. The van der Waals surface area contributed by atoms with Gasteiger partial charge in [-0.05, 0) is 18.6 Å². The van der Waals surface area contributed by atoms with Crippen LogP contribution in [0.5, 0.6) is 0 Å². The molecule has 2 aromatic rings. The summed E-state index contributed by atoms with van der Waals surface area (Å²) < 4.78 is 38.4. The molecule has 2 aromatic heterocycles. The summed E-state index contributed by atoms with van der Waals surface area (Å²) >= 11 is 5.96. The number of carboxylic acid groups (broad SMARTS) is 1. The van der Waals surface area contributed by atoms with E-state index in [4.69, 9.17) is 16.7 Å². The molecule has 7 nitrogen and oxygen atoms in total. The summed E-state index contributed by atoms with van der Waals surface area (Å²) in [5, 5.41) is 15.2. The molecule has 0 aliphatic heterocycles. The van der Waals surface area contributed by atoms with E-state index in [2.05, 4.69) is 15.4 Å². The standard InChI is InChI=1S/C15H14ClF3N4O3/c1-2-3-9(14(25)26)22-10-7-21-23(13(24)12(10)16)11-5-4-8(6-20-11)15(17,18)19/h4-7,9,22H,2-3H2,1H3,(H,25,26). The van der Waals surface area contributed by atoms with Crippen LogP contribution in [0.2, 0.25) is 5.02 Å². The number of anilines is 1. The molecule has 0 fully saturated rings. The lowest BCUT2D eigenvalue weighted by atomic mass is 10.1. The summed E-state index contributed by atoms with van der Waals surface area (Å²) in [5.74, 6) is -1.27. The van der Waals surface area contributed by atoms with Crippen LogP contribution in [0.25, 0.3) is 5.82 Å². The zero-order valence-corrected chi connectivity index (χ0v) is 14.2. The first-order valence-electron chi connectivity index (χ1n) is 7.46. The highest BCUT2D eigenvalue weighted by Gasteiger charge is 2.30. The first-order valence-corrected chi connectivity index (χ1v) is 7.83. The number of hydrogen-bond donors (Lipinski definition) is 2. The molecule has 0 saturated heterocycles. The van der Waals surface area contributed by atoms with Gasteiger partial charge < -0.3 is 10.4 Å². The maximum Gasteiger partial charge on any atom is 0.417 e. The van der Waals surface area contributed by atoms with Crippen molar-refractivity contribution < 1.29 is 23.1 Å². The molecule has 0 aliphatic rings. The molecule has 1 atom stereocenters. The van der Waals surface area contributed by atoms with Gasteiger partial charge in [0.15, 0.2) is 5.82 Å². The van der Waals surface area contributed by atoms with Crippen molar-refractivity contribution in [1.29, 1.82) is 0 Å². The Hall–Kier alpha value is -2.62. The molecule has 2 N–H and O–H groups in total. The molecule has 0 aliphatic carbocycles. The van der Waals surface area contributed by atoms with Crippen molar-refractivity contribution in [3.8, 4) is 5.82 Å². The quantitative estimate of drug-likeness (QED) is 0.787. The number of nitrogens with one attached hydrogen (secondary N) is 1. The van der Waals surface area contributed by atoms with E-state index in [-0.39, 0.29) is 16.5 Å². The number of halogens is 4. The van der Waals surface area contributed by atoms with Crippen LogP contribution < -0.4 is 10.9 Å². The number of carboxylic acids is 1. The molecule has 2 heterocycles. The summed E-state index contributed by atoms with van der Waals surface area (Å²) in [7, 11) is 0. The lowest BCUT2D eigenvalue weighted by molar-refractivity contribution is -0.138. The maximum atomic E-state index is 12.6. The van der Waals surface area contributed by atoms with E-state index >= 15 is 0 Å². The third kappa shape index (κ3) is 4.31. The van der Waals surface area contributed by atoms with Crippen LogP contribution in [0.4, 0.5) is 18.9 Å². The van der Waals surface area contributed by atoms with Gasteiger partial charge >= 0.3 is 12.1 Å². The summed E-state index contributed by atoms with van der Waals surface area (Å²) in [6.07, 6.45) is -1.98. The van der Waals surface area contributed by atoms with Crippen LogP contribution in [0, 0.1) is 0 Å². The van der Waals surface area contributed by atoms with Crippen LogP contribution >= 0.6 is 11.6 Å². The number of aromatic nitrogens is 3. The Bertz CT molecular complexity index is 853. The van der Waals surface area contributed by atoms with E-state index in [0.717, 1.165) is 23.0 Å². The van der Waals surface area contributed by atoms with Gasteiger partial charge in [-0.15, -0.1) is 0 Å². The lowest BCUT2D eigenvalue weighted by Gasteiger charge is -2.16. The summed E-state index contributed by atoms with van der Waals surface area (Å²) in [6, 6.07) is 0.787. The zero-order chi connectivity index (χ0) is 19.5. The number of hydrogen-bond acceptors (Lipinski definition) is 5. The summed E-state index contributed by atoms with van der Waals surface area (Å²) in [5.41, 5.74) is -1.80. The fourth-order valence-electron chi connectivity index (χ4n) is 2.11. The van der Waals surface area contributed by atoms with Crippen LogP contribution in [0.1, 0.15) is 25.3 Å². The molecule has 1 unspecified atom stereocenters. The molecule has 2 rings (SSSR count). The Labute approximate surface area is 150 Å². The molecule has 0 bridgehead atoms. The van der Waals surface area contributed by atoms with E-state index in [9.17, 15) is 22.8 Å². The van der Waals surface area contributed by atoms with E-state index in [1.54, 1.807) is 6.92 Å². The highest BCUT2D eigenvalue weighted by atomic mass is 35.5. The van der Waals surface area contributed by atoms with E-state index in [1.165, 1.54) is 0 Å². The van der Waals surface area contributed by atoms with Gasteiger partial charge in [-0.2, -0.15) is 23.0 Å². The van der Waals surface area contributed by atoms with Crippen LogP contribution in [0.15, 0.2) is 29.3 Å². The smallest absolute Gasteiger partial charge is 0.417 e. The van der Waals surface area contributed by atoms with E-state index < -0.39 is 29.3 Å². The predicted octanol–water partition coefficient (Wildman–Crippen LogP) is 2.96. The Balaban J connectivity index is 2.35. The van der Waals surface area contributed by atoms with Gasteiger partial charge in [0, 0.05) is 6.20 Å². The highest BCUT2D eigenvalue weighted by Crippen LogP contribution is 2.28. The van der Waals surface area contributed by atoms with Gasteiger partial charge in [0.05, 0.1) is 17.4 Å². The third-order valence-electron chi connectivity index (χ3n) is 3.42. The summed E-state index contributed by atoms with van der Waals surface area (Å²) in [6.45, 7) is 1.80. The van der Waals surface area contributed by atoms with Gasteiger partial charge in [-0.1, -0.05) is 24.9 Å². The Morgan fingerprint density at radius 2 is 2.08 bits per heavy atom. The van der Waals surface area contributed by atoms with Crippen molar-refractivity contribution in [2.45, 2.75) is 32.0 Å². The van der Waals surface area contributed by atoms with Crippen molar-refractivity contribution in [1.82, 2.24) is 14.8 Å². The fourth-order valence-corrected chi connectivity index (χ4v) is 2.29. The molecular formula is C15H14ClF3N4O3. The Morgan fingerprint density at radius 3 is 2.58 bits per heavy atom. The number of aliphatic carboxylic acids is 1. The van der Waals surface area contributed by atoms with Crippen molar-refractivity contribution in [2.75, 3.05) is 5.32 Å². The second-order valence-electron chi connectivity index (χ2n) is 5.32. The Kier molecular flexibility index (Phi) is 5.86. The lowest BCUT2D eigenvalue weighted by Crippen LogP contribution is -2.31.